The molecule has 4 rings (SSSR count). The van der Waals surface area contributed by atoms with Crippen molar-refractivity contribution < 1.29 is 9.72 Å². The summed E-state index contributed by atoms with van der Waals surface area (Å²) < 4.78 is 0. The maximum atomic E-state index is 12.4. The molecule has 1 aromatic heterocycles. The first-order valence-electron chi connectivity index (χ1n) is 7.88. The van der Waals surface area contributed by atoms with Gasteiger partial charge in [0.05, 0.1) is 9.80 Å². The number of hydrogen-bond donors (Lipinski definition) is 2. The highest BCUT2D eigenvalue weighted by Crippen LogP contribution is 2.30. The van der Waals surface area contributed by atoms with Gasteiger partial charge in [0.15, 0.2) is 5.01 Å². The number of hydrogen-bond acceptors (Lipinski definition) is 6. The Morgan fingerprint density at radius 1 is 1.42 bits per heavy atom. The van der Waals surface area contributed by atoms with Crippen molar-refractivity contribution in [2.75, 3.05) is 0 Å². The average molecular weight is 344 g/mol. The molecule has 0 aliphatic carbocycles. The van der Waals surface area contributed by atoms with Crippen LogP contribution < -0.4 is 10.6 Å². The summed E-state index contributed by atoms with van der Waals surface area (Å²) in [5.74, 6) is -0.170. The highest BCUT2D eigenvalue weighted by molar-refractivity contribution is 7.17. The number of nitrogens with zero attached hydrogens (tertiary/aromatic N) is 2. The van der Waals surface area contributed by atoms with Crippen LogP contribution in [0.2, 0.25) is 0 Å². The lowest BCUT2D eigenvalue weighted by molar-refractivity contribution is -0.384. The molecular weight excluding hydrogens is 328 g/mol. The van der Waals surface area contributed by atoms with Crippen molar-refractivity contribution in [2.45, 2.75) is 37.4 Å². The van der Waals surface area contributed by atoms with Crippen molar-refractivity contribution in [1.82, 2.24) is 15.6 Å². The molecule has 1 amide bonds. The number of carbonyl (C=O) groups is 1. The van der Waals surface area contributed by atoms with Crippen LogP contribution in [0.3, 0.4) is 0 Å². The molecule has 2 aliphatic heterocycles. The van der Waals surface area contributed by atoms with Crippen LogP contribution in [0.25, 0.3) is 10.4 Å². The van der Waals surface area contributed by atoms with Gasteiger partial charge in [0.2, 0.25) is 0 Å². The standard InChI is InChI=1S/C16H16N4O3S/c21-15(19-13-7-10-4-5-12(13)18-10)16-17-8-14(24-16)9-2-1-3-11(6-9)20(22)23/h1-3,6,8,10,12-13,18H,4-5,7H2,(H,19,21). The Labute approximate surface area is 142 Å². The summed E-state index contributed by atoms with van der Waals surface area (Å²) in [6.07, 6.45) is 4.86. The minimum absolute atomic E-state index is 0.0277. The van der Waals surface area contributed by atoms with Gasteiger partial charge in [-0.2, -0.15) is 0 Å². The predicted molar refractivity (Wildman–Crippen MR) is 90.0 cm³/mol. The van der Waals surface area contributed by atoms with E-state index in [1.165, 1.54) is 29.9 Å². The van der Waals surface area contributed by atoms with Gasteiger partial charge >= 0.3 is 0 Å². The maximum absolute atomic E-state index is 12.4. The van der Waals surface area contributed by atoms with Crippen LogP contribution in [0.1, 0.15) is 29.1 Å². The van der Waals surface area contributed by atoms with Gasteiger partial charge in [-0.3, -0.25) is 14.9 Å². The molecule has 2 saturated heterocycles. The van der Waals surface area contributed by atoms with E-state index in [1.807, 2.05) is 0 Å². The Morgan fingerprint density at radius 3 is 3.00 bits per heavy atom. The number of nitro benzene ring substituents is 1. The minimum Gasteiger partial charge on any atom is -0.346 e. The van der Waals surface area contributed by atoms with Gasteiger partial charge in [0.1, 0.15) is 0 Å². The monoisotopic (exact) mass is 344 g/mol. The van der Waals surface area contributed by atoms with Crippen LogP contribution in [0.15, 0.2) is 30.5 Å². The minimum atomic E-state index is -0.430. The molecule has 24 heavy (non-hydrogen) atoms. The Kier molecular flexibility index (Phi) is 3.78. The van der Waals surface area contributed by atoms with E-state index in [4.69, 9.17) is 0 Å². The van der Waals surface area contributed by atoms with E-state index in [2.05, 4.69) is 15.6 Å². The fourth-order valence-corrected chi connectivity index (χ4v) is 4.31. The fraction of sp³-hybridized carbons (Fsp3) is 0.375. The normalized spacial score (nSPS) is 24.9. The highest BCUT2D eigenvalue weighted by Gasteiger charge is 2.39. The molecule has 2 aromatic rings. The number of carbonyl (C=O) groups excluding carboxylic acids is 1. The number of rotatable bonds is 4. The molecule has 2 aliphatic rings. The maximum Gasteiger partial charge on any atom is 0.280 e. The fourth-order valence-electron chi connectivity index (χ4n) is 3.50. The van der Waals surface area contributed by atoms with Crippen molar-refractivity contribution in [3.05, 3.63) is 45.6 Å². The average Bonchev–Trinajstić information content (AvgIpc) is 3.31. The van der Waals surface area contributed by atoms with Crippen molar-refractivity contribution in [3.63, 3.8) is 0 Å². The Morgan fingerprint density at radius 2 is 2.29 bits per heavy atom. The molecule has 0 saturated carbocycles. The molecule has 3 atom stereocenters. The topological polar surface area (TPSA) is 97.2 Å². The van der Waals surface area contributed by atoms with Crippen LogP contribution in [0, 0.1) is 10.1 Å². The molecule has 0 spiro atoms. The van der Waals surface area contributed by atoms with Gasteiger partial charge in [-0.15, -0.1) is 11.3 Å². The summed E-state index contributed by atoms with van der Waals surface area (Å²) in [6.45, 7) is 0. The third-order valence-corrected chi connectivity index (χ3v) is 5.70. The van der Waals surface area contributed by atoms with E-state index in [-0.39, 0.29) is 17.6 Å². The van der Waals surface area contributed by atoms with Gasteiger partial charge in [0.25, 0.3) is 11.6 Å². The first kappa shape index (κ1) is 15.2. The molecule has 8 heteroatoms. The first-order chi connectivity index (χ1) is 11.6. The molecule has 3 unspecified atom stereocenters. The smallest absolute Gasteiger partial charge is 0.280 e. The van der Waals surface area contributed by atoms with E-state index < -0.39 is 4.92 Å². The molecule has 2 N–H and O–H groups in total. The number of amides is 1. The number of aromatic nitrogens is 1. The second-order valence-electron chi connectivity index (χ2n) is 6.20. The lowest BCUT2D eigenvalue weighted by Gasteiger charge is -2.20. The predicted octanol–water partition coefficient (Wildman–Crippen LogP) is 2.34. The van der Waals surface area contributed by atoms with Crippen LogP contribution in [-0.4, -0.2) is 33.9 Å². The Hall–Kier alpha value is -2.32. The van der Waals surface area contributed by atoms with Crippen molar-refractivity contribution in [2.24, 2.45) is 0 Å². The quantitative estimate of drug-likeness (QED) is 0.655. The third kappa shape index (κ3) is 2.78. The SMILES string of the molecule is O=C(NC1CC2CCC1N2)c1ncc(-c2cccc([N+](=O)[O-])c2)s1. The highest BCUT2D eigenvalue weighted by atomic mass is 32.1. The van der Waals surface area contributed by atoms with Gasteiger partial charge in [-0.05, 0) is 19.3 Å². The number of thiazole rings is 1. The molecule has 3 heterocycles. The number of nitro groups is 1. The molecule has 0 radical (unpaired) electrons. The Balaban J connectivity index is 1.49. The zero-order chi connectivity index (χ0) is 16.7. The number of fused-ring (bicyclic) bond motifs is 2. The summed E-state index contributed by atoms with van der Waals surface area (Å²) in [6, 6.07) is 7.42. The summed E-state index contributed by atoms with van der Waals surface area (Å²) in [5.41, 5.74) is 0.724. The van der Waals surface area contributed by atoms with Gasteiger partial charge in [-0.1, -0.05) is 12.1 Å². The summed E-state index contributed by atoms with van der Waals surface area (Å²) in [7, 11) is 0. The third-order valence-electron chi connectivity index (χ3n) is 4.66. The van der Waals surface area contributed by atoms with E-state index in [9.17, 15) is 14.9 Å². The summed E-state index contributed by atoms with van der Waals surface area (Å²) in [4.78, 5) is 27.8. The van der Waals surface area contributed by atoms with E-state index in [0.29, 0.717) is 22.7 Å². The first-order valence-corrected chi connectivity index (χ1v) is 8.69. The van der Waals surface area contributed by atoms with Crippen molar-refractivity contribution in [1.29, 1.82) is 0 Å². The second-order valence-corrected chi connectivity index (χ2v) is 7.23. The van der Waals surface area contributed by atoms with Crippen LogP contribution in [-0.2, 0) is 0 Å². The van der Waals surface area contributed by atoms with Crippen LogP contribution in [0.4, 0.5) is 5.69 Å². The van der Waals surface area contributed by atoms with Crippen LogP contribution >= 0.6 is 11.3 Å². The zero-order valence-electron chi connectivity index (χ0n) is 12.8. The van der Waals surface area contributed by atoms with Crippen molar-refractivity contribution >= 4 is 22.9 Å². The van der Waals surface area contributed by atoms with Crippen LogP contribution in [0.5, 0.6) is 0 Å². The van der Waals surface area contributed by atoms with Gasteiger partial charge in [-0.25, -0.2) is 4.98 Å². The van der Waals surface area contributed by atoms with Gasteiger partial charge < -0.3 is 10.6 Å². The summed E-state index contributed by atoms with van der Waals surface area (Å²) in [5, 5.41) is 17.8. The van der Waals surface area contributed by atoms with E-state index in [0.717, 1.165) is 17.7 Å². The number of nitrogens with one attached hydrogen (secondary N) is 2. The molecule has 1 aromatic carbocycles. The van der Waals surface area contributed by atoms with E-state index >= 15 is 0 Å². The molecule has 7 nitrogen and oxygen atoms in total. The Bertz CT molecular complexity index is 806. The molecular formula is C16H16N4O3S. The molecule has 2 fully saturated rings. The summed E-state index contributed by atoms with van der Waals surface area (Å²) >= 11 is 1.25. The number of non-ortho nitro benzene ring substituents is 1. The molecule has 124 valence electrons. The second kappa shape index (κ2) is 5.95. The van der Waals surface area contributed by atoms with Crippen molar-refractivity contribution in [3.8, 4) is 10.4 Å². The number of benzene rings is 1. The zero-order valence-corrected chi connectivity index (χ0v) is 13.6. The molecule has 2 bridgehead atoms. The lowest BCUT2D eigenvalue weighted by Crippen LogP contribution is -2.42. The largest absolute Gasteiger partial charge is 0.346 e. The van der Waals surface area contributed by atoms with E-state index in [1.54, 1.807) is 18.3 Å². The lowest BCUT2D eigenvalue weighted by atomic mass is 9.95. The van der Waals surface area contributed by atoms with Gasteiger partial charge in [0, 0.05) is 42.0 Å².